The zero-order valence-corrected chi connectivity index (χ0v) is 8.99. The Hall–Kier alpha value is -1.49. The molecule has 1 heterocycles. The predicted octanol–water partition coefficient (Wildman–Crippen LogP) is 2.92. The van der Waals surface area contributed by atoms with E-state index >= 15 is 0 Å². The maximum atomic E-state index is 13.8. The van der Waals surface area contributed by atoms with Crippen LogP contribution in [0.1, 0.15) is 30.1 Å². The van der Waals surface area contributed by atoms with E-state index in [-0.39, 0.29) is 16.9 Å². The van der Waals surface area contributed by atoms with Crippen molar-refractivity contribution in [3.63, 3.8) is 0 Å². The van der Waals surface area contributed by atoms with E-state index in [0.29, 0.717) is 5.56 Å². The first-order valence-electron chi connectivity index (χ1n) is 5.53. The number of nitrogens with two attached hydrogens (primary N) is 1. The van der Waals surface area contributed by atoms with E-state index in [0.717, 1.165) is 31.0 Å². The van der Waals surface area contributed by atoms with Crippen LogP contribution in [0.2, 0.25) is 0 Å². The maximum Gasteiger partial charge on any atom is 0.195 e. The molecule has 0 spiro atoms. The largest absolute Gasteiger partial charge is 0.358 e. The number of hydrogen-bond donors (Lipinski definition) is 2. The van der Waals surface area contributed by atoms with Gasteiger partial charge in [0.05, 0.1) is 5.52 Å². The van der Waals surface area contributed by atoms with Gasteiger partial charge in [-0.25, -0.2) is 13.2 Å². The van der Waals surface area contributed by atoms with Gasteiger partial charge in [-0.3, -0.25) is 0 Å². The predicted molar refractivity (Wildman–Crippen MR) is 58.0 cm³/mol. The third kappa shape index (κ3) is 1.38. The first-order valence-corrected chi connectivity index (χ1v) is 5.53. The molecule has 0 fully saturated rings. The van der Waals surface area contributed by atoms with Crippen molar-refractivity contribution in [3.05, 3.63) is 34.8 Å². The molecule has 1 aromatic heterocycles. The maximum absolute atomic E-state index is 13.8. The molecule has 0 bridgehead atoms. The van der Waals surface area contributed by atoms with Crippen LogP contribution >= 0.6 is 0 Å². The van der Waals surface area contributed by atoms with Gasteiger partial charge in [0.15, 0.2) is 17.5 Å². The summed E-state index contributed by atoms with van der Waals surface area (Å²) < 4.78 is 40.1. The Morgan fingerprint density at radius 3 is 2.76 bits per heavy atom. The first-order chi connectivity index (χ1) is 8.09. The van der Waals surface area contributed by atoms with Gasteiger partial charge in [0.25, 0.3) is 0 Å². The summed E-state index contributed by atoms with van der Waals surface area (Å²) >= 11 is 0. The van der Waals surface area contributed by atoms with E-state index in [9.17, 15) is 13.2 Å². The minimum Gasteiger partial charge on any atom is -0.358 e. The highest BCUT2D eigenvalue weighted by molar-refractivity contribution is 5.86. The number of aromatic amines is 1. The Bertz CT molecular complexity index is 604. The van der Waals surface area contributed by atoms with Gasteiger partial charge in [0.1, 0.15) is 0 Å². The minimum atomic E-state index is -1.43. The molecule has 3 N–H and O–H groups in total. The summed E-state index contributed by atoms with van der Waals surface area (Å²) in [6, 6.07) is 0.672. The van der Waals surface area contributed by atoms with Crippen molar-refractivity contribution >= 4 is 10.9 Å². The average Bonchev–Trinajstić information content (AvgIpc) is 2.65. The summed E-state index contributed by atoms with van der Waals surface area (Å²) in [6.07, 6.45) is 2.37. The molecule has 1 atom stereocenters. The molecule has 1 aromatic carbocycles. The quantitative estimate of drug-likeness (QED) is 0.683. The Morgan fingerprint density at radius 2 is 2.00 bits per heavy atom. The lowest BCUT2D eigenvalue weighted by Gasteiger charge is -2.18. The van der Waals surface area contributed by atoms with Crippen LogP contribution in [0.15, 0.2) is 6.07 Å². The van der Waals surface area contributed by atoms with E-state index in [1.54, 1.807) is 0 Å². The van der Waals surface area contributed by atoms with Gasteiger partial charge in [-0.05, 0) is 19.3 Å². The minimum absolute atomic E-state index is 0.103. The SMILES string of the molecule is NC1CCCc2[nH]c3cc(F)c(F)c(F)c3c21. The van der Waals surface area contributed by atoms with Gasteiger partial charge in [-0.2, -0.15) is 0 Å². The van der Waals surface area contributed by atoms with Crippen molar-refractivity contribution < 1.29 is 13.2 Å². The lowest BCUT2D eigenvalue weighted by molar-refractivity contribution is 0.452. The van der Waals surface area contributed by atoms with Crippen LogP contribution in [-0.4, -0.2) is 4.98 Å². The number of hydrogen-bond acceptors (Lipinski definition) is 1. The number of halogens is 3. The van der Waals surface area contributed by atoms with E-state index in [1.165, 1.54) is 0 Å². The highest BCUT2D eigenvalue weighted by atomic mass is 19.2. The van der Waals surface area contributed by atoms with Gasteiger partial charge >= 0.3 is 0 Å². The molecule has 2 aromatic rings. The topological polar surface area (TPSA) is 41.8 Å². The second kappa shape index (κ2) is 3.50. The zero-order chi connectivity index (χ0) is 12.2. The van der Waals surface area contributed by atoms with E-state index in [2.05, 4.69) is 4.98 Å². The Balaban J connectivity index is 2.41. The summed E-state index contributed by atoms with van der Waals surface area (Å²) in [6.45, 7) is 0. The lowest BCUT2D eigenvalue weighted by Crippen LogP contribution is -2.16. The van der Waals surface area contributed by atoms with Crippen molar-refractivity contribution in [2.45, 2.75) is 25.3 Å². The van der Waals surface area contributed by atoms with Crippen LogP contribution in [0, 0.1) is 17.5 Å². The van der Waals surface area contributed by atoms with Gasteiger partial charge < -0.3 is 10.7 Å². The van der Waals surface area contributed by atoms with Crippen LogP contribution in [0.5, 0.6) is 0 Å². The fourth-order valence-electron chi connectivity index (χ4n) is 2.59. The highest BCUT2D eigenvalue weighted by Crippen LogP contribution is 2.36. The molecule has 0 amide bonds. The van der Waals surface area contributed by atoms with Crippen LogP contribution in [0.25, 0.3) is 10.9 Å². The number of rotatable bonds is 0. The smallest absolute Gasteiger partial charge is 0.195 e. The van der Waals surface area contributed by atoms with Crippen molar-refractivity contribution in [3.8, 4) is 0 Å². The van der Waals surface area contributed by atoms with Gasteiger partial charge in [-0.15, -0.1) is 0 Å². The van der Waals surface area contributed by atoms with Gasteiger partial charge in [0.2, 0.25) is 0 Å². The summed E-state index contributed by atoms with van der Waals surface area (Å²) in [5.74, 6) is -3.76. The van der Waals surface area contributed by atoms with Crippen LogP contribution < -0.4 is 5.73 Å². The molecule has 2 nitrogen and oxygen atoms in total. The standard InChI is InChI=1S/C12H11F3N2/c13-5-4-8-10(12(15)11(5)14)9-6(16)2-1-3-7(9)17-8/h4,6,17H,1-3,16H2. The van der Waals surface area contributed by atoms with E-state index < -0.39 is 17.5 Å². The van der Waals surface area contributed by atoms with Crippen molar-refractivity contribution in [1.82, 2.24) is 4.98 Å². The molecule has 90 valence electrons. The number of aromatic nitrogens is 1. The molecule has 1 unspecified atom stereocenters. The average molecular weight is 240 g/mol. The summed E-state index contributed by atoms with van der Waals surface area (Å²) in [5, 5.41) is 0.103. The molecule has 0 radical (unpaired) electrons. The second-order valence-corrected chi connectivity index (χ2v) is 4.42. The molecule has 0 aliphatic heterocycles. The Labute approximate surface area is 95.6 Å². The highest BCUT2D eigenvalue weighted by Gasteiger charge is 2.26. The zero-order valence-electron chi connectivity index (χ0n) is 8.99. The van der Waals surface area contributed by atoms with E-state index in [4.69, 9.17) is 5.73 Å². The van der Waals surface area contributed by atoms with Crippen LogP contribution in [-0.2, 0) is 6.42 Å². The Kier molecular flexibility index (Phi) is 2.19. The molecule has 3 rings (SSSR count). The number of benzene rings is 1. The number of aryl methyl sites for hydroxylation is 1. The van der Waals surface area contributed by atoms with Crippen molar-refractivity contribution in [2.75, 3.05) is 0 Å². The second-order valence-electron chi connectivity index (χ2n) is 4.42. The van der Waals surface area contributed by atoms with Crippen molar-refractivity contribution in [1.29, 1.82) is 0 Å². The fraction of sp³-hybridized carbons (Fsp3) is 0.333. The monoisotopic (exact) mass is 240 g/mol. The lowest BCUT2D eigenvalue weighted by atomic mass is 9.91. The van der Waals surface area contributed by atoms with Crippen molar-refractivity contribution in [2.24, 2.45) is 5.73 Å². The summed E-state index contributed by atoms with van der Waals surface area (Å²) in [7, 11) is 0. The van der Waals surface area contributed by atoms with Gasteiger partial charge in [-0.1, -0.05) is 0 Å². The molecular weight excluding hydrogens is 229 g/mol. The Morgan fingerprint density at radius 1 is 1.24 bits per heavy atom. The third-order valence-electron chi connectivity index (χ3n) is 3.35. The number of nitrogens with one attached hydrogen (secondary N) is 1. The molecule has 1 aliphatic rings. The third-order valence-corrected chi connectivity index (χ3v) is 3.35. The number of fused-ring (bicyclic) bond motifs is 3. The molecule has 5 heteroatoms. The molecule has 1 aliphatic carbocycles. The fourth-order valence-corrected chi connectivity index (χ4v) is 2.59. The van der Waals surface area contributed by atoms with Crippen LogP contribution in [0.3, 0.4) is 0 Å². The summed E-state index contributed by atoms with van der Waals surface area (Å²) in [5.41, 5.74) is 7.59. The first kappa shape index (κ1) is 10.7. The summed E-state index contributed by atoms with van der Waals surface area (Å²) in [4.78, 5) is 2.93. The van der Waals surface area contributed by atoms with E-state index in [1.807, 2.05) is 0 Å². The molecule has 0 saturated carbocycles. The molecule has 0 saturated heterocycles. The van der Waals surface area contributed by atoms with Crippen LogP contribution in [0.4, 0.5) is 13.2 Å². The normalized spacial score (nSPS) is 19.6. The molecular formula is C12H11F3N2. The van der Waals surface area contributed by atoms with Gasteiger partial charge in [0, 0.05) is 28.8 Å². The molecule has 17 heavy (non-hydrogen) atoms. The number of H-pyrrole nitrogens is 1.